The summed E-state index contributed by atoms with van der Waals surface area (Å²) in [6, 6.07) is 20.6. The highest BCUT2D eigenvalue weighted by molar-refractivity contribution is 6.46. The van der Waals surface area contributed by atoms with Crippen LogP contribution >= 0.6 is 0 Å². The second kappa shape index (κ2) is 9.43. The van der Waals surface area contributed by atoms with Gasteiger partial charge in [0.25, 0.3) is 11.8 Å². The van der Waals surface area contributed by atoms with E-state index in [1.54, 1.807) is 6.07 Å². The zero-order chi connectivity index (χ0) is 24.4. The Bertz CT molecular complexity index is 1290. The monoisotopic (exact) mass is 455 g/mol. The number of nitrogens with one attached hydrogen (secondary N) is 1. The van der Waals surface area contributed by atoms with Gasteiger partial charge in [0.05, 0.1) is 17.9 Å². The molecule has 3 aromatic carbocycles. The van der Waals surface area contributed by atoms with E-state index in [4.69, 9.17) is 4.74 Å². The smallest absolute Gasteiger partial charge is 0.282 e. The summed E-state index contributed by atoms with van der Waals surface area (Å²) in [4.78, 5) is 30.6. The van der Waals surface area contributed by atoms with Crippen molar-refractivity contribution >= 4 is 34.4 Å². The first-order valence-electron chi connectivity index (χ1n) is 11.3. The lowest BCUT2D eigenvalue weighted by Gasteiger charge is -2.19. The molecule has 34 heavy (non-hydrogen) atoms. The average Bonchev–Trinajstić information content (AvgIpc) is 3.05. The van der Waals surface area contributed by atoms with Crippen LogP contribution in [0.5, 0.6) is 5.75 Å². The van der Waals surface area contributed by atoms with E-state index in [1.807, 2.05) is 100 Å². The lowest BCUT2D eigenvalue weighted by Crippen LogP contribution is -2.32. The number of ether oxygens (including phenoxy) is 1. The van der Waals surface area contributed by atoms with E-state index < -0.39 is 5.91 Å². The number of rotatable bonds is 7. The van der Waals surface area contributed by atoms with Crippen molar-refractivity contribution in [2.75, 3.05) is 35.8 Å². The number of nitrogens with zero attached hydrogens (tertiary/aromatic N) is 2. The third kappa shape index (κ3) is 4.39. The van der Waals surface area contributed by atoms with Crippen molar-refractivity contribution in [3.63, 3.8) is 0 Å². The fourth-order valence-corrected chi connectivity index (χ4v) is 3.93. The molecule has 0 saturated heterocycles. The third-order valence-corrected chi connectivity index (χ3v) is 5.90. The molecule has 1 heterocycles. The average molecular weight is 456 g/mol. The minimum atomic E-state index is -0.393. The van der Waals surface area contributed by atoms with E-state index in [2.05, 4.69) is 5.32 Å². The summed E-state index contributed by atoms with van der Waals surface area (Å²) in [7, 11) is 3.84. The number of hydrogen-bond acceptors (Lipinski definition) is 5. The molecular weight excluding hydrogens is 426 g/mol. The van der Waals surface area contributed by atoms with Gasteiger partial charge in [-0.05, 0) is 67.8 Å². The number of anilines is 3. The van der Waals surface area contributed by atoms with Gasteiger partial charge in [0, 0.05) is 31.5 Å². The molecule has 0 radical (unpaired) electrons. The summed E-state index contributed by atoms with van der Waals surface area (Å²) in [6.07, 6.45) is 0. The maximum atomic E-state index is 13.7. The fourth-order valence-electron chi connectivity index (χ4n) is 3.93. The van der Waals surface area contributed by atoms with Crippen LogP contribution in [-0.4, -0.2) is 32.5 Å². The van der Waals surface area contributed by atoms with Gasteiger partial charge in [0.15, 0.2) is 0 Å². The molecule has 3 aromatic rings. The molecule has 0 atom stereocenters. The van der Waals surface area contributed by atoms with Gasteiger partial charge in [-0.3, -0.25) is 9.59 Å². The molecule has 174 valence electrons. The van der Waals surface area contributed by atoms with Crippen LogP contribution in [0.4, 0.5) is 17.1 Å². The van der Waals surface area contributed by atoms with Crippen molar-refractivity contribution in [2.24, 2.45) is 0 Å². The fraction of sp³-hybridized carbons (Fsp3) is 0.214. The summed E-state index contributed by atoms with van der Waals surface area (Å²) in [5, 5.41) is 3.22. The van der Waals surface area contributed by atoms with Crippen LogP contribution in [0.3, 0.4) is 0 Å². The Hall–Kier alpha value is -4.06. The first-order valence-corrected chi connectivity index (χ1v) is 11.3. The normalized spacial score (nSPS) is 13.5. The van der Waals surface area contributed by atoms with Crippen LogP contribution in [0.1, 0.15) is 23.6 Å². The molecule has 6 nitrogen and oxygen atoms in total. The second-order valence-electron chi connectivity index (χ2n) is 8.49. The molecule has 1 aliphatic rings. The Labute approximate surface area is 200 Å². The van der Waals surface area contributed by atoms with Crippen molar-refractivity contribution < 1.29 is 14.3 Å². The van der Waals surface area contributed by atoms with E-state index in [-0.39, 0.29) is 11.6 Å². The molecule has 0 aliphatic carbocycles. The van der Waals surface area contributed by atoms with Crippen molar-refractivity contribution in [3.8, 4) is 5.75 Å². The zero-order valence-corrected chi connectivity index (χ0v) is 20.2. The largest absolute Gasteiger partial charge is 0.494 e. The van der Waals surface area contributed by atoms with E-state index in [0.29, 0.717) is 34.9 Å². The molecular formula is C28H29N3O3. The lowest BCUT2D eigenvalue weighted by atomic mass is 9.99. The summed E-state index contributed by atoms with van der Waals surface area (Å²) in [6.45, 7) is 6.47. The van der Waals surface area contributed by atoms with Gasteiger partial charge >= 0.3 is 0 Å². The lowest BCUT2D eigenvalue weighted by molar-refractivity contribution is -0.120. The summed E-state index contributed by atoms with van der Waals surface area (Å²) in [5.74, 6) is -0.0586. The molecule has 0 bridgehead atoms. The van der Waals surface area contributed by atoms with Crippen LogP contribution < -0.4 is 19.9 Å². The maximum absolute atomic E-state index is 13.7. The van der Waals surface area contributed by atoms with Crippen molar-refractivity contribution in [1.82, 2.24) is 0 Å². The van der Waals surface area contributed by atoms with E-state index >= 15 is 0 Å². The quantitative estimate of drug-likeness (QED) is 0.499. The Morgan fingerprint density at radius 2 is 1.65 bits per heavy atom. The van der Waals surface area contributed by atoms with Gasteiger partial charge in [-0.1, -0.05) is 30.3 Å². The van der Waals surface area contributed by atoms with Crippen LogP contribution in [-0.2, 0) is 9.59 Å². The Morgan fingerprint density at radius 1 is 0.882 bits per heavy atom. The number of carbonyl (C=O) groups excluding carboxylic acids is 2. The predicted octanol–water partition coefficient (Wildman–Crippen LogP) is 5.16. The molecule has 0 fully saturated rings. The highest BCUT2D eigenvalue weighted by Gasteiger charge is 2.40. The van der Waals surface area contributed by atoms with Crippen LogP contribution in [0.25, 0.3) is 5.57 Å². The van der Waals surface area contributed by atoms with Gasteiger partial charge in [0.2, 0.25) is 0 Å². The number of carbonyl (C=O) groups is 2. The van der Waals surface area contributed by atoms with Gasteiger partial charge in [-0.2, -0.15) is 0 Å². The first-order chi connectivity index (χ1) is 16.3. The topological polar surface area (TPSA) is 61.9 Å². The number of amides is 2. The molecule has 0 aromatic heterocycles. The highest BCUT2D eigenvalue weighted by atomic mass is 16.5. The standard InChI is InChI=1S/C28H29N3O3/c1-6-34-24-12-7-9-21(16-24)29-26-25(20-14-13-18(2)19(3)15-20)27(32)31(28(26)33)23-11-8-10-22(17-23)30(4)5/h7-17,29H,6H2,1-5H3. The Kier molecular flexibility index (Phi) is 6.41. The number of hydrogen-bond donors (Lipinski definition) is 1. The van der Waals surface area contributed by atoms with E-state index in [9.17, 15) is 9.59 Å². The SMILES string of the molecule is CCOc1cccc(NC2=C(c3ccc(C)c(C)c3)C(=O)N(c3cccc(N(C)C)c3)C2=O)c1. The molecule has 1 aliphatic heterocycles. The number of imide groups is 1. The second-order valence-corrected chi connectivity index (χ2v) is 8.49. The Balaban J connectivity index is 1.82. The first kappa shape index (κ1) is 23.1. The molecule has 0 saturated carbocycles. The molecule has 4 rings (SSSR count). The minimum Gasteiger partial charge on any atom is -0.494 e. The molecule has 0 spiro atoms. The van der Waals surface area contributed by atoms with Gasteiger partial charge in [-0.15, -0.1) is 0 Å². The Morgan fingerprint density at radius 3 is 2.35 bits per heavy atom. The molecule has 0 unspecified atom stereocenters. The molecule has 6 heteroatoms. The zero-order valence-electron chi connectivity index (χ0n) is 20.2. The predicted molar refractivity (Wildman–Crippen MR) is 137 cm³/mol. The van der Waals surface area contributed by atoms with Crippen LogP contribution in [0.15, 0.2) is 72.4 Å². The van der Waals surface area contributed by atoms with Crippen LogP contribution in [0.2, 0.25) is 0 Å². The van der Waals surface area contributed by atoms with E-state index in [0.717, 1.165) is 16.8 Å². The van der Waals surface area contributed by atoms with Gasteiger partial charge in [0.1, 0.15) is 11.4 Å². The van der Waals surface area contributed by atoms with Crippen molar-refractivity contribution in [3.05, 3.63) is 89.1 Å². The summed E-state index contributed by atoms with van der Waals surface area (Å²) >= 11 is 0. The van der Waals surface area contributed by atoms with E-state index in [1.165, 1.54) is 4.90 Å². The van der Waals surface area contributed by atoms with Gasteiger partial charge in [-0.25, -0.2) is 4.90 Å². The van der Waals surface area contributed by atoms with Crippen molar-refractivity contribution in [1.29, 1.82) is 0 Å². The number of benzene rings is 3. The maximum Gasteiger partial charge on any atom is 0.282 e. The third-order valence-electron chi connectivity index (χ3n) is 5.90. The molecule has 2 amide bonds. The van der Waals surface area contributed by atoms with Crippen molar-refractivity contribution in [2.45, 2.75) is 20.8 Å². The van der Waals surface area contributed by atoms with Gasteiger partial charge < -0.3 is 15.0 Å². The number of aryl methyl sites for hydroxylation is 2. The summed E-state index contributed by atoms with van der Waals surface area (Å²) in [5.41, 5.74) is 5.58. The molecule has 1 N–H and O–H groups in total. The summed E-state index contributed by atoms with van der Waals surface area (Å²) < 4.78 is 5.60. The van der Waals surface area contributed by atoms with Crippen LogP contribution in [0, 0.1) is 13.8 Å². The highest BCUT2D eigenvalue weighted by Crippen LogP contribution is 2.35. The minimum absolute atomic E-state index is 0.247.